The zero-order chi connectivity index (χ0) is 17.9. The average molecular weight is 356 g/mol. The van der Waals surface area contributed by atoms with Crippen LogP contribution in [0.1, 0.15) is 23.1 Å². The maximum Gasteiger partial charge on any atom is 0.0991 e. The van der Waals surface area contributed by atoms with Gasteiger partial charge in [0.25, 0.3) is 0 Å². The lowest BCUT2D eigenvalue weighted by Gasteiger charge is -2.46. The van der Waals surface area contributed by atoms with Gasteiger partial charge in [-0.2, -0.15) is 16.6 Å². The van der Waals surface area contributed by atoms with Crippen molar-refractivity contribution in [3.05, 3.63) is 57.8 Å². The van der Waals surface area contributed by atoms with E-state index in [1.54, 1.807) is 17.4 Å². The van der Waals surface area contributed by atoms with Crippen molar-refractivity contribution in [2.45, 2.75) is 18.6 Å². The first-order valence-electron chi connectivity index (χ1n) is 8.62. The van der Waals surface area contributed by atoms with Gasteiger partial charge >= 0.3 is 0 Å². The molecule has 1 fully saturated rings. The van der Waals surface area contributed by atoms with Gasteiger partial charge in [0.2, 0.25) is 0 Å². The van der Waals surface area contributed by atoms with Crippen LogP contribution in [-0.2, 0) is 12.1 Å². The lowest BCUT2D eigenvalue weighted by atomic mass is 9.75. The maximum atomic E-state index is 11.6. The van der Waals surface area contributed by atoms with Crippen LogP contribution < -0.4 is 0 Å². The quantitative estimate of drug-likeness (QED) is 0.896. The molecule has 1 saturated heterocycles. The van der Waals surface area contributed by atoms with E-state index in [9.17, 15) is 10.4 Å². The van der Waals surface area contributed by atoms with Gasteiger partial charge < -0.3 is 10.0 Å². The molecular formula is C20H25N3OS. The Labute approximate surface area is 153 Å². The summed E-state index contributed by atoms with van der Waals surface area (Å²) in [5, 5.41) is 25.1. The fourth-order valence-corrected chi connectivity index (χ4v) is 4.42. The van der Waals surface area contributed by atoms with Gasteiger partial charge in [0.15, 0.2) is 0 Å². The minimum Gasteiger partial charge on any atom is -0.385 e. The lowest BCUT2D eigenvalue weighted by Crippen LogP contribution is -2.52. The highest BCUT2D eigenvalue weighted by molar-refractivity contribution is 7.07. The number of rotatable bonds is 5. The second-order valence-corrected chi connectivity index (χ2v) is 7.97. The molecule has 5 heteroatoms. The van der Waals surface area contributed by atoms with Crippen LogP contribution in [0.4, 0.5) is 0 Å². The number of likely N-dealkylation sites (tertiary alicyclic amines) is 1. The highest BCUT2D eigenvalue weighted by Gasteiger charge is 2.43. The third-order valence-electron chi connectivity index (χ3n) is 5.03. The zero-order valence-corrected chi connectivity index (χ0v) is 15.7. The normalized spacial score (nSPS) is 24.4. The highest BCUT2D eigenvalue weighted by atomic mass is 32.1. The predicted octanol–water partition coefficient (Wildman–Crippen LogP) is 2.89. The Morgan fingerprint density at radius 2 is 2.24 bits per heavy atom. The van der Waals surface area contributed by atoms with E-state index in [0.717, 1.165) is 31.7 Å². The van der Waals surface area contributed by atoms with Crippen LogP contribution >= 0.6 is 11.3 Å². The lowest BCUT2D eigenvalue weighted by molar-refractivity contribution is -0.0862. The summed E-state index contributed by atoms with van der Waals surface area (Å²) in [5.41, 5.74) is 1.93. The number of thiophene rings is 1. The maximum absolute atomic E-state index is 11.6. The van der Waals surface area contributed by atoms with Crippen LogP contribution in [0, 0.1) is 17.2 Å². The van der Waals surface area contributed by atoms with Crippen LogP contribution in [0.3, 0.4) is 0 Å². The number of nitrogens with zero attached hydrogens (tertiary/aromatic N) is 3. The van der Waals surface area contributed by atoms with Crippen molar-refractivity contribution >= 4 is 11.3 Å². The van der Waals surface area contributed by atoms with E-state index >= 15 is 0 Å². The molecule has 2 aromatic rings. The summed E-state index contributed by atoms with van der Waals surface area (Å²) in [7, 11) is 4.09. The smallest absolute Gasteiger partial charge is 0.0991 e. The summed E-state index contributed by atoms with van der Waals surface area (Å²) < 4.78 is 0. The average Bonchev–Trinajstić information content (AvgIpc) is 3.10. The molecule has 2 unspecified atom stereocenters. The Bertz CT molecular complexity index is 738. The first-order valence-corrected chi connectivity index (χ1v) is 9.57. The Kier molecular flexibility index (Phi) is 5.55. The summed E-state index contributed by atoms with van der Waals surface area (Å²) in [4.78, 5) is 4.57. The highest BCUT2D eigenvalue weighted by Crippen LogP contribution is 2.38. The Balaban J connectivity index is 1.83. The third kappa shape index (κ3) is 4.10. The molecule has 132 valence electrons. The topological polar surface area (TPSA) is 50.5 Å². The van der Waals surface area contributed by atoms with Gasteiger partial charge in [-0.1, -0.05) is 12.1 Å². The van der Waals surface area contributed by atoms with Gasteiger partial charge in [0.1, 0.15) is 0 Å². The number of aliphatic hydroxyl groups is 1. The number of piperidine rings is 1. The molecule has 1 aliphatic heterocycles. The zero-order valence-electron chi connectivity index (χ0n) is 14.9. The molecule has 0 saturated carbocycles. The number of benzene rings is 1. The van der Waals surface area contributed by atoms with E-state index in [1.807, 2.05) is 32.3 Å². The van der Waals surface area contributed by atoms with Gasteiger partial charge in [-0.05, 0) is 60.6 Å². The monoisotopic (exact) mass is 355 g/mol. The van der Waals surface area contributed by atoms with Gasteiger partial charge in [0, 0.05) is 32.1 Å². The molecule has 2 atom stereocenters. The number of nitriles is 1. The standard InChI is InChI=1S/C20H25N3OS/c1-22(2)13-19-14-23(12-17-6-9-25-15-17)8-7-20(19,24)18-5-3-4-16(10-18)11-21/h3-6,9-10,15,19,24H,7-8,12-14H2,1-2H3. The van der Waals surface area contributed by atoms with Crippen molar-refractivity contribution in [1.29, 1.82) is 5.26 Å². The van der Waals surface area contributed by atoms with Crippen molar-refractivity contribution in [3.63, 3.8) is 0 Å². The fourth-order valence-electron chi connectivity index (χ4n) is 3.76. The van der Waals surface area contributed by atoms with E-state index in [2.05, 4.69) is 32.7 Å². The minimum atomic E-state index is -0.887. The van der Waals surface area contributed by atoms with E-state index in [0.29, 0.717) is 12.0 Å². The van der Waals surface area contributed by atoms with Crippen molar-refractivity contribution < 1.29 is 5.11 Å². The van der Waals surface area contributed by atoms with Crippen LogP contribution in [-0.4, -0.2) is 48.6 Å². The van der Waals surface area contributed by atoms with Gasteiger partial charge in [-0.3, -0.25) is 4.90 Å². The van der Waals surface area contributed by atoms with Crippen molar-refractivity contribution in [2.75, 3.05) is 33.7 Å². The molecule has 0 bridgehead atoms. The SMILES string of the molecule is CN(C)CC1CN(Cc2ccsc2)CCC1(O)c1cccc(C#N)c1. The van der Waals surface area contributed by atoms with Crippen LogP contribution in [0.2, 0.25) is 0 Å². The molecule has 0 aliphatic carbocycles. The molecule has 3 rings (SSSR count). The van der Waals surface area contributed by atoms with Crippen molar-refractivity contribution in [2.24, 2.45) is 5.92 Å². The van der Waals surface area contributed by atoms with E-state index in [-0.39, 0.29) is 5.92 Å². The molecule has 25 heavy (non-hydrogen) atoms. The van der Waals surface area contributed by atoms with Crippen LogP contribution in [0.15, 0.2) is 41.1 Å². The summed E-state index contributed by atoms with van der Waals surface area (Å²) in [5.74, 6) is 0.101. The molecule has 1 aromatic carbocycles. The Morgan fingerprint density at radius 1 is 1.40 bits per heavy atom. The predicted molar refractivity (Wildman–Crippen MR) is 101 cm³/mol. The molecule has 1 aliphatic rings. The molecule has 2 heterocycles. The molecule has 0 amide bonds. The van der Waals surface area contributed by atoms with Gasteiger partial charge in [0.05, 0.1) is 17.2 Å². The second-order valence-electron chi connectivity index (χ2n) is 7.19. The minimum absolute atomic E-state index is 0.101. The largest absolute Gasteiger partial charge is 0.385 e. The number of hydrogen-bond donors (Lipinski definition) is 1. The number of hydrogen-bond acceptors (Lipinski definition) is 5. The first kappa shape index (κ1) is 18.1. The van der Waals surface area contributed by atoms with Crippen molar-refractivity contribution in [1.82, 2.24) is 9.80 Å². The van der Waals surface area contributed by atoms with Crippen molar-refractivity contribution in [3.8, 4) is 6.07 Å². The van der Waals surface area contributed by atoms with Gasteiger partial charge in [-0.15, -0.1) is 0 Å². The van der Waals surface area contributed by atoms with E-state index < -0.39 is 5.60 Å². The van der Waals surface area contributed by atoms with E-state index in [1.165, 1.54) is 5.56 Å². The molecule has 4 nitrogen and oxygen atoms in total. The molecule has 1 aromatic heterocycles. The molecule has 0 spiro atoms. The van der Waals surface area contributed by atoms with Crippen LogP contribution in [0.5, 0.6) is 0 Å². The Hall–Kier alpha value is -1.71. The summed E-state index contributed by atoms with van der Waals surface area (Å²) >= 11 is 1.73. The second kappa shape index (κ2) is 7.67. The summed E-state index contributed by atoms with van der Waals surface area (Å²) in [6.45, 7) is 3.45. The fraction of sp³-hybridized carbons (Fsp3) is 0.450. The summed E-state index contributed by atoms with van der Waals surface area (Å²) in [6, 6.07) is 11.8. The Morgan fingerprint density at radius 3 is 2.92 bits per heavy atom. The molecule has 1 N–H and O–H groups in total. The molecular weight excluding hydrogens is 330 g/mol. The third-order valence-corrected chi connectivity index (χ3v) is 5.76. The van der Waals surface area contributed by atoms with Crippen LogP contribution in [0.25, 0.3) is 0 Å². The van der Waals surface area contributed by atoms with Gasteiger partial charge in [-0.25, -0.2) is 0 Å². The molecule has 0 radical (unpaired) electrons. The van der Waals surface area contributed by atoms with E-state index in [4.69, 9.17) is 0 Å². The summed E-state index contributed by atoms with van der Waals surface area (Å²) in [6.07, 6.45) is 0.685. The first-order chi connectivity index (χ1) is 12.0.